The molecule has 1 N–H and O–H groups in total. The van der Waals surface area contributed by atoms with Gasteiger partial charge in [-0.3, -0.25) is 9.36 Å². The fraction of sp³-hybridized carbons (Fsp3) is 0.500. The Hall–Kier alpha value is -2.94. The Bertz CT molecular complexity index is 1030. The van der Waals surface area contributed by atoms with Gasteiger partial charge in [0.15, 0.2) is 5.58 Å². The zero-order valence-corrected chi connectivity index (χ0v) is 16.8. The molecule has 29 heavy (non-hydrogen) atoms. The van der Waals surface area contributed by atoms with Crippen LogP contribution in [-0.2, 0) is 30.7 Å². The first kappa shape index (κ1) is 19.4. The Kier molecular flexibility index (Phi) is 5.48. The van der Waals surface area contributed by atoms with Crippen LogP contribution in [-0.4, -0.2) is 56.8 Å². The lowest BCUT2D eigenvalue weighted by molar-refractivity contribution is -0.121. The van der Waals surface area contributed by atoms with E-state index in [9.17, 15) is 9.59 Å². The summed E-state index contributed by atoms with van der Waals surface area (Å²) in [6.45, 7) is 1.91. The van der Waals surface area contributed by atoms with Gasteiger partial charge in [0.25, 0.3) is 0 Å². The quantitative estimate of drug-likeness (QED) is 0.660. The lowest BCUT2D eigenvalue weighted by Gasteiger charge is -2.15. The van der Waals surface area contributed by atoms with Crippen molar-refractivity contribution in [3.63, 3.8) is 0 Å². The molecule has 154 valence electrons. The van der Waals surface area contributed by atoms with E-state index in [1.165, 1.54) is 0 Å². The Morgan fingerprint density at radius 1 is 1.31 bits per heavy atom. The molecule has 0 fully saturated rings. The summed E-state index contributed by atoms with van der Waals surface area (Å²) >= 11 is 0. The summed E-state index contributed by atoms with van der Waals surface area (Å²) in [5, 5.41) is 7.55. The van der Waals surface area contributed by atoms with E-state index in [1.54, 1.807) is 9.25 Å². The van der Waals surface area contributed by atoms with E-state index >= 15 is 0 Å². The minimum absolute atomic E-state index is 0.00297. The van der Waals surface area contributed by atoms with Crippen molar-refractivity contribution < 1.29 is 9.21 Å². The number of hydrogen-bond donors (Lipinski definition) is 1. The summed E-state index contributed by atoms with van der Waals surface area (Å²) < 4.78 is 8.91. The van der Waals surface area contributed by atoms with Crippen molar-refractivity contribution in [2.24, 2.45) is 0 Å². The summed E-state index contributed by atoms with van der Waals surface area (Å²) in [5.41, 5.74) is 1.36. The van der Waals surface area contributed by atoms with Crippen LogP contribution in [0.4, 0.5) is 0 Å². The van der Waals surface area contributed by atoms with Gasteiger partial charge in [-0.1, -0.05) is 12.1 Å². The summed E-state index contributed by atoms with van der Waals surface area (Å²) in [5.74, 6) is 1.09. The summed E-state index contributed by atoms with van der Waals surface area (Å²) in [7, 11) is 3.94. The van der Waals surface area contributed by atoms with Crippen LogP contribution in [0.2, 0.25) is 0 Å². The molecule has 1 unspecified atom stereocenters. The van der Waals surface area contributed by atoms with Gasteiger partial charge in [0.2, 0.25) is 11.8 Å². The monoisotopic (exact) mass is 398 g/mol. The van der Waals surface area contributed by atoms with Crippen molar-refractivity contribution >= 4 is 17.0 Å². The average molecular weight is 398 g/mol. The van der Waals surface area contributed by atoms with E-state index in [4.69, 9.17) is 4.42 Å². The summed E-state index contributed by atoms with van der Waals surface area (Å²) in [6.07, 6.45) is 2.22. The lowest BCUT2D eigenvalue weighted by Crippen LogP contribution is -2.37. The standard InChI is InChI=1S/C20H26N6O3/c1-24(2)11-12-26-20(28)25-10-9-14(7-8-17(25)23-26)21-18(27)13-19-22-15-5-3-4-6-16(15)29-19/h3-6,14H,7-13H2,1-2H3,(H,21,27). The third-order valence-electron chi connectivity index (χ3n) is 5.19. The van der Waals surface area contributed by atoms with E-state index in [2.05, 4.69) is 15.4 Å². The number of aryl methyl sites for hydroxylation is 1. The van der Waals surface area contributed by atoms with Gasteiger partial charge >= 0.3 is 5.69 Å². The molecule has 9 nitrogen and oxygen atoms in total. The molecule has 1 aromatic carbocycles. The highest BCUT2D eigenvalue weighted by Crippen LogP contribution is 2.16. The van der Waals surface area contributed by atoms with Crippen LogP contribution in [0.15, 0.2) is 33.5 Å². The molecule has 9 heteroatoms. The molecule has 0 bridgehead atoms. The van der Waals surface area contributed by atoms with Crippen LogP contribution in [0.1, 0.15) is 24.6 Å². The molecule has 4 rings (SSSR count). The zero-order valence-electron chi connectivity index (χ0n) is 16.8. The fourth-order valence-corrected chi connectivity index (χ4v) is 3.62. The first-order chi connectivity index (χ1) is 14.0. The number of carbonyl (C=O) groups excluding carboxylic acids is 1. The van der Waals surface area contributed by atoms with Crippen molar-refractivity contribution in [3.8, 4) is 0 Å². The number of carbonyl (C=O) groups is 1. The second kappa shape index (κ2) is 8.20. The highest BCUT2D eigenvalue weighted by molar-refractivity contribution is 5.79. The van der Waals surface area contributed by atoms with Gasteiger partial charge in [-0.15, -0.1) is 0 Å². The van der Waals surface area contributed by atoms with Crippen molar-refractivity contribution in [3.05, 3.63) is 46.5 Å². The van der Waals surface area contributed by atoms with Crippen LogP contribution in [0.25, 0.3) is 11.1 Å². The number of fused-ring (bicyclic) bond motifs is 2. The van der Waals surface area contributed by atoms with Gasteiger partial charge in [-0.05, 0) is 39.1 Å². The smallest absolute Gasteiger partial charge is 0.345 e. The third kappa shape index (κ3) is 4.40. The topological polar surface area (TPSA) is 98.2 Å². The number of benzene rings is 1. The second-order valence-electron chi connectivity index (χ2n) is 7.72. The largest absolute Gasteiger partial charge is 0.440 e. The minimum atomic E-state index is -0.121. The third-order valence-corrected chi connectivity index (χ3v) is 5.19. The molecular formula is C20H26N6O3. The number of hydrogen-bond acceptors (Lipinski definition) is 6. The Morgan fingerprint density at radius 3 is 2.93 bits per heavy atom. The predicted octanol–water partition coefficient (Wildman–Crippen LogP) is 0.811. The molecule has 0 radical (unpaired) electrons. The van der Waals surface area contributed by atoms with Crippen LogP contribution in [0, 0.1) is 0 Å². The maximum Gasteiger partial charge on any atom is 0.345 e. The van der Waals surface area contributed by atoms with Crippen LogP contribution < -0.4 is 11.0 Å². The Labute approximate surface area is 168 Å². The molecule has 0 saturated heterocycles. The molecule has 0 aliphatic carbocycles. The van der Waals surface area contributed by atoms with Gasteiger partial charge in [0, 0.05) is 25.6 Å². The van der Waals surface area contributed by atoms with Gasteiger partial charge in [0.05, 0.1) is 6.54 Å². The minimum Gasteiger partial charge on any atom is -0.440 e. The van der Waals surface area contributed by atoms with Crippen LogP contribution in [0.5, 0.6) is 0 Å². The molecule has 0 saturated carbocycles. The molecule has 1 amide bonds. The highest BCUT2D eigenvalue weighted by atomic mass is 16.3. The zero-order chi connectivity index (χ0) is 20.4. The number of aromatic nitrogens is 4. The number of oxazole rings is 1. The SMILES string of the molecule is CN(C)CCn1nc2n(c1=O)CCC(NC(=O)Cc1nc3ccccc3o1)CC2. The number of nitrogens with zero attached hydrogens (tertiary/aromatic N) is 5. The molecule has 1 aliphatic heterocycles. The first-order valence-corrected chi connectivity index (χ1v) is 9.94. The van der Waals surface area contributed by atoms with Crippen molar-refractivity contribution in [2.75, 3.05) is 20.6 Å². The summed E-state index contributed by atoms with van der Waals surface area (Å²) in [4.78, 5) is 31.4. The molecule has 3 heterocycles. The highest BCUT2D eigenvalue weighted by Gasteiger charge is 2.22. The fourth-order valence-electron chi connectivity index (χ4n) is 3.62. The average Bonchev–Trinajstić information content (AvgIpc) is 3.15. The summed E-state index contributed by atoms with van der Waals surface area (Å²) in [6, 6.07) is 7.46. The van der Waals surface area contributed by atoms with Gasteiger partial charge in [-0.25, -0.2) is 14.5 Å². The molecule has 2 aromatic heterocycles. The lowest BCUT2D eigenvalue weighted by atomic mass is 10.1. The van der Waals surface area contributed by atoms with E-state index < -0.39 is 0 Å². The Balaban J connectivity index is 1.35. The molecule has 0 spiro atoms. The van der Waals surface area contributed by atoms with Crippen molar-refractivity contribution in [1.29, 1.82) is 0 Å². The Morgan fingerprint density at radius 2 is 2.14 bits per heavy atom. The van der Waals surface area contributed by atoms with Crippen LogP contribution >= 0.6 is 0 Å². The molecular weight excluding hydrogens is 372 g/mol. The molecule has 1 aliphatic rings. The van der Waals surface area contributed by atoms with E-state index in [0.717, 1.165) is 24.3 Å². The van der Waals surface area contributed by atoms with E-state index in [-0.39, 0.29) is 24.1 Å². The maximum atomic E-state index is 12.6. The van der Waals surface area contributed by atoms with Crippen LogP contribution in [0.3, 0.4) is 0 Å². The molecule has 3 aromatic rings. The van der Waals surface area contributed by atoms with Crippen molar-refractivity contribution in [2.45, 2.75) is 44.8 Å². The number of para-hydroxylation sites is 2. The number of nitrogens with one attached hydrogen (secondary N) is 1. The number of amides is 1. The number of rotatable bonds is 6. The van der Waals surface area contributed by atoms with Gasteiger partial charge in [0.1, 0.15) is 17.8 Å². The number of likely N-dealkylation sites (N-methyl/N-ethyl adjacent to an activating group) is 1. The molecule has 1 atom stereocenters. The van der Waals surface area contributed by atoms with Gasteiger partial charge in [-0.2, -0.15) is 5.10 Å². The predicted molar refractivity (Wildman–Crippen MR) is 108 cm³/mol. The van der Waals surface area contributed by atoms with E-state index in [1.807, 2.05) is 43.3 Å². The van der Waals surface area contributed by atoms with Crippen molar-refractivity contribution in [1.82, 2.24) is 29.5 Å². The second-order valence-corrected chi connectivity index (χ2v) is 7.72. The first-order valence-electron chi connectivity index (χ1n) is 9.94. The normalized spacial score (nSPS) is 16.7. The maximum absolute atomic E-state index is 12.6. The van der Waals surface area contributed by atoms with E-state index in [0.29, 0.717) is 37.4 Å². The van der Waals surface area contributed by atoms with Gasteiger partial charge < -0.3 is 14.6 Å².